The zero-order valence-corrected chi connectivity index (χ0v) is 15.6. The molecular formula is C19H26N2O5. The first-order valence-corrected chi connectivity index (χ1v) is 8.85. The monoisotopic (exact) mass is 362 g/mol. The van der Waals surface area contributed by atoms with Crippen LogP contribution >= 0.6 is 0 Å². The Balaban J connectivity index is 1.85. The molecule has 2 amide bonds. The normalized spacial score (nSPS) is 29.8. The predicted molar refractivity (Wildman–Crippen MR) is 95.6 cm³/mol. The average molecular weight is 362 g/mol. The Kier molecular flexibility index (Phi) is 5.20. The second kappa shape index (κ2) is 7.25. The van der Waals surface area contributed by atoms with Crippen LogP contribution in [0.3, 0.4) is 0 Å². The van der Waals surface area contributed by atoms with Crippen molar-refractivity contribution < 1.29 is 23.8 Å². The lowest BCUT2D eigenvalue weighted by Crippen LogP contribution is -2.54. The molecule has 2 aliphatic heterocycles. The summed E-state index contributed by atoms with van der Waals surface area (Å²) in [6.45, 7) is 6.08. The number of nitrogens with zero attached hydrogens (tertiary/aromatic N) is 1. The predicted octanol–water partition coefficient (Wildman–Crippen LogP) is 2.62. The number of para-hydroxylation sites is 1. The highest BCUT2D eigenvalue weighted by Gasteiger charge is 2.54. The van der Waals surface area contributed by atoms with Crippen LogP contribution in [0.25, 0.3) is 0 Å². The molecule has 2 fully saturated rings. The summed E-state index contributed by atoms with van der Waals surface area (Å²) in [7, 11) is 1.35. The third-order valence-corrected chi connectivity index (χ3v) is 5.10. The quantitative estimate of drug-likeness (QED) is 0.837. The van der Waals surface area contributed by atoms with Gasteiger partial charge in [0, 0.05) is 17.6 Å². The number of esters is 1. The van der Waals surface area contributed by atoms with Crippen molar-refractivity contribution in [3.63, 3.8) is 0 Å². The molecule has 26 heavy (non-hydrogen) atoms. The molecule has 7 heteroatoms. The Morgan fingerprint density at radius 3 is 2.65 bits per heavy atom. The molecule has 1 N–H and O–H groups in total. The Morgan fingerprint density at radius 1 is 1.31 bits per heavy atom. The number of amides is 2. The second-order valence-corrected chi connectivity index (χ2v) is 7.27. The number of hydrogen-bond acceptors (Lipinski definition) is 5. The lowest BCUT2D eigenvalue weighted by atomic mass is 9.95. The molecule has 142 valence electrons. The summed E-state index contributed by atoms with van der Waals surface area (Å²) in [6, 6.07) is 8.39. The molecule has 7 nitrogen and oxygen atoms in total. The van der Waals surface area contributed by atoms with E-state index in [0.29, 0.717) is 12.3 Å². The number of likely N-dealkylation sites (tertiary alicyclic amines) is 1. The number of rotatable bonds is 3. The molecule has 0 aliphatic carbocycles. The van der Waals surface area contributed by atoms with E-state index in [1.807, 2.05) is 51.1 Å². The smallest absolute Gasteiger partial charge is 0.322 e. The number of fused-ring (bicyclic) bond motifs is 1. The van der Waals surface area contributed by atoms with E-state index in [-0.39, 0.29) is 42.5 Å². The first-order valence-electron chi connectivity index (χ1n) is 8.85. The highest BCUT2D eigenvalue weighted by molar-refractivity contribution is 5.90. The van der Waals surface area contributed by atoms with Gasteiger partial charge >= 0.3 is 12.0 Å². The van der Waals surface area contributed by atoms with Crippen molar-refractivity contribution in [3.05, 3.63) is 30.3 Å². The Hall–Kier alpha value is -2.12. The Morgan fingerprint density at radius 2 is 2.00 bits per heavy atom. The summed E-state index contributed by atoms with van der Waals surface area (Å²) in [5.41, 5.74) is 0.698. The van der Waals surface area contributed by atoms with Gasteiger partial charge in [0.25, 0.3) is 0 Å². The molecule has 0 spiro atoms. The van der Waals surface area contributed by atoms with Gasteiger partial charge in [0.1, 0.15) is 0 Å². The third kappa shape index (κ3) is 3.68. The van der Waals surface area contributed by atoms with Gasteiger partial charge in [0.2, 0.25) is 0 Å². The van der Waals surface area contributed by atoms with Crippen LogP contribution in [0.4, 0.5) is 10.5 Å². The fourth-order valence-corrected chi connectivity index (χ4v) is 3.78. The SMILES string of the molecule is COC(=O)C[C@@H]1[C@H](C)[C@@H]2OC(C)(C)OC[C@@H]2N1C(=O)Nc1ccccc1. The molecule has 0 aromatic heterocycles. The lowest BCUT2D eigenvalue weighted by Gasteiger charge is -2.41. The van der Waals surface area contributed by atoms with Gasteiger partial charge in [-0.3, -0.25) is 4.79 Å². The van der Waals surface area contributed by atoms with Gasteiger partial charge < -0.3 is 24.4 Å². The van der Waals surface area contributed by atoms with Crippen molar-refractivity contribution in [3.8, 4) is 0 Å². The van der Waals surface area contributed by atoms with Crippen LogP contribution < -0.4 is 5.32 Å². The molecule has 3 rings (SSSR count). The fraction of sp³-hybridized carbons (Fsp3) is 0.579. The summed E-state index contributed by atoms with van der Waals surface area (Å²) in [6.07, 6.45) is -0.0774. The molecule has 2 aliphatic rings. The van der Waals surface area contributed by atoms with Crippen LogP contribution in [0.1, 0.15) is 27.2 Å². The number of ether oxygens (including phenoxy) is 3. The van der Waals surface area contributed by atoms with Gasteiger partial charge in [-0.25, -0.2) is 4.79 Å². The summed E-state index contributed by atoms with van der Waals surface area (Å²) in [5.74, 6) is -1.08. The minimum atomic E-state index is -0.711. The number of anilines is 1. The molecule has 1 aromatic rings. The highest BCUT2D eigenvalue weighted by atomic mass is 16.7. The maximum Gasteiger partial charge on any atom is 0.322 e. The van der Waals surface area contributed by atoms with Crippen molar-refractivity contribution in [2.24, 2.45) is 5.92 Å². The lowest BCUT2D eigenvalue weighted by molar-refractivity contribution is -0.285. The maximum atomic E-state index is 13.0. The van der Waals surface area contributed by atoms with E-state index in [2.05, 4.69) is 5.32 Å². The van der Waals surface area contributed by atoms with Crippen molar-refractivity contribution in [2.45, 2.75) is 51.2 Å². The van der Waals surface area contributed by atoms with Crippen LogP contribution in [0.5, 0.6) is 0 Å². The molecular weight excluding hydrogens is 336 g/mol. The van der Waals surface area contributed by atoms with Crippen LogP contribution in [0.2, 0.25) is 0 Å². The van der Waals surface area contributed by atoms with Crippen LogP contribution in [0, 0.1) is 5.92 Å². The zero-order chi connectivity index (χ0) is 18.9. The summed E-state index contributed by atoms with van der Waals surface area (Å²) < 4.78 is 16.7. The van der Waals surface area contributed by atoms with Gasteiger partial charge in [-0.2, -0.15) is 0 Å². The number of carbonyl (C=O) groups is 2. The van der Waals surface area contributed by atoms with Gasteiger partial charge in [-0.15, -0.1) is 0 Å². The van der Waals surface area contributed by atoms with Crippen LogP contribution in [-0.4, -0.2) is 54.6 Å². The van der Waals surface area contributed by atoms with Crippen molar-refractivity contribution in [1.82, 2.24) is 4.90 Å². The number of benzene rings is 1. The topological polar surface area (TPSA) is 77.1 Å². The minimum Gasteiger partial charge on any atom is -0.469 e. The molecule has 4 atom stereocenters. The van der Waals surface area contributed by atoms with Crippen molar-refractivity contribution in [1.29, 1.82) is 0 Å². The summed E-state index contributed by atoms with van der Waals surface area (Å²) >= 11 is 0. The molecule has 0 saturated carbocycles. The molecule has 1 aromatic carbocycles. The van der Waals surface area contributed by atoms with Crippen LogP contribution in [0.15, 0.2) is 30.3 Å². The Labute approximate surface area is 153 Å². The largest absolute Gasteiger partial charge is 0.469 e. The van der Waals surface area contributed by atoms with Crippen molar-refractivity contribution >= 4 is 17.7 Å². The fourth-order valence-electron chi connectivity index (χ4n) is 3.78. The van der Waals surface area contributed by atoms with E-state index >= 15 is 0 Å². The number of carbonyl (C=O) groups excluding carboxylic acids is 2. The van der Waals surface area contributed by atoms with Gasteiger partial charge in [0.05, 0.1) is 32.3 Å². The van der Waals surface area contributed by atoms with Gasteiger partial charge in [-0.05, 0) is 26.0 Å². The molecule has 2 heterocycles. The molecule has 0 radical (unpaired) electrons. The Bertz CT molecular complexity index is 663. The number of hydrogen-bond donors (Lipinski definition) is 1. The number of nitrogens with one attached hydrogen (secondary N) is 1. The van der Waals surface area contributed by atoms with E-state index in [9.17, 15) is 9.59 Å². The summed E-state index contributed by atoms with van der Waals surface area (Å²) in [5, 5.41) is 2.90. The van der Waals surface area contributed by atoms with Crippen LogP contribution in [-0.2, 0) is 19.0 Å². The molecule has 2 saturated heterocycles. The molecule has 0 bridgehead atoms. The zero-order valence-electron chi connectivity index (χ0n) is 15.6. The van der Waals surface area contributed by atoms with E-state index in [1.54, 1.807) is 4.90 Å². The van der Waals surface area contributed by atoms with E-state index in [0.717, 1.165) is 0 Å². The van der Waals surface area contributed by atoms with E-state index < -0.39 is 5.79 Å². The molecule has 0 unspecified atom stereocenters. The number of urea groups is 1. The average Bonchev–Trinajstić information content (AvgIpc) is 2.86. The first-order chi connectivity index (χ1) is 12.3. The number of methoxy groups -OCH3 is 1. The minimum absolute atomic E-state index is 0.0243. The maximum absolute atomic E-state index is 13.0. The summed E-state index contributed by atoms with van der Waals surface area (Å²) in [4.78, 5) is 26.6. The first kappa shape index (κ1) is 18.7. The van der Waals surface area contributed by atoms with Gasteiger partial charge in [0.15, 0.2) is 5.79 Å². The highest BCUT2D eigenvalue weighted by Crippen LogP contribution is 2.40. The van der Waals surface area contributed by atoms with E-state index in [1.165, 1.54) is 7.11 Å². The van der Waals surface area contributed by atoms with Crippen molar-refractivity contribution in [2.75, 3.05) is 19.0 Å². The van der Waals surface area contributed by atoms with E-state index in [4.69, 9.17) is 14.2 Å². The van der Waals surface area contributed by atoms with Gasteiger partial charge in [-0.1, -0.05) is 25.1 Å². The standard InChI is InChI=1S/C19H26N2O5/c1-12-14(10-16(22)24-4)21(15-11-25-19(2,3)26-17(12)15)18(23)20-13-8-6-5-7-9-13/h5-9,12,14-15,17H,10-11H2,1-4H3,(H,20,23)/t12-,14+,15-,17-/m0/s1. The second-order valence-electron chi connectivity index (χ2n) is 7.27. The third-order valence-electron chi connectivity index (χ3n) is 5.10.